The molecule has 0 unspecified atom stereocenters. The first-order valence-corrected chi connectivity index (χ1v) is 10.1. The van der Waals surface area contributed by atoms with Crippen molar-refractivity contribution in [1.82, 2.24) is 0 Å². The van der Waals surface area contributed by atoms with Gasteiger partial charge in [-0.15, -0.1) is 0 Å². The molecule has 3 rings (SSSR count). The zero-order chi connectivity index (χ0) is 22.1. The molecule has 3 aromatic rings. The van der Waals surface area contributed by atoms with Gasteiger partial charge in [-0.25, -0.2) is 0 Å². The minimum atomic E-state index is 0.192. The Morgan fingerprint density at radius 2 is 1.55 bits per heavy atom. The standard InChI is InChI=1S/C24H18BrN3O3/c1-29-23-11-17(14-28-31-16-21-9-5-3-7-19(21)13-27)10-22(25)24(23)30-15-20-8-4-2-6-18(20)12-26/h2-11,14H,15-16H2,1H3/b28-14-. The van der Waals surface area contributed by atoms with E-state index in [1.165, 1.54) is 0 Å². The van der Waals surface area contributed by atoms with E-state index >= 15 is 0 Å². The second kappa shape index (κ2) is 10.8. The molecule has 154 valence electrons. The molecular weight excluding hydrogens is 458 g/mol. The Balaban J connectivity index is 1.69. The van der Waals surface area contributed by atoms with Crippen LogP contribution in [0.1, 0.15) is 27.8 Å². The van der Waals surface area contributed by atoms with Crippen molar-refractivity contribution >= 4 is 22.1 Å². The van der Waals surface area contributed by atoms with Crippen LogP contribution in [-0.4, -0.2) is 13.3 Å². The van der Waals surface area contributed by atoms with E-state index in [0.29, 0.717) is 27.1 Å². The van der Waals surface area contributed by atoms with E-state index in [0.717, 1.165) is 16.7 Å². The number of hydrogen-bond acceptors (Lipinski definition) is 6. The number of benzene rings is 3. The quantitative estimate of drug-likeness (QED) is 0.324. The zero-order valence-corrected chi connectivity index (χ0v) is 18.3. The Kier molecular flexibility index (Phi) is 7.64. The van der Waals surface area contributed by atoms with Crippen LogP contribution in [0.5, 0.6) is 11.5 Å². The van der Waals surface area contributed by atoms with E-state index < -0.39 is 0 Å². The van der Waals surface area contributed by atoms with E-state index in [-0.39, 0.29) is 13.2 Å². The maximum absolute atomic E-state index is 9.23. The van der Waals surface area contributed by atoms with Crippen molar-refractivity contribution in [3.63, 3.8) is 0 Å². The van der Waals surface area contributed by atoms with Crippen LogP contribution >= 0.6 is 15.9 Å². The SMILES string of the molecule is COc1cc(/C=N\OCc2ccccc2C#N)cc(Br)c1OCc1ccccc1C#N. The Hall–Kier alpha value is -3.81. The van der Waals surface area contributed by atoms with E-state index in [1.807, 2.05) is 36.4 Å². The lowest BCUT2D eigenvalue weighted by molar-refractivity contribution is 0.132. The minimum absolute atomic E-state index is 0.192. The summed E-state index contributed by atoms with van der Waals surface area (Å²) in [6.45, 7) is 0.422. The van der Waals surface area contributed by atoms with Gasteiger partial charge in [0.25, 0.3) is 0 Å². The van der Waals surface area contributed by atoms with Gasteiger partial charge in [0.2, 0.25) is 0 Å². The molecule has 0 aromatic heterocycles. The van der Waals surface area contributed by atoms with E-state index in [1.54, 1.807) is 37.6 Å². The predicted octanol–water partition coefficient (Wildman–Crippen LogP) is 5.33. The molecule has 0 spiro atoms. The molecule has 0 radical (unpaired) electrons. The molecule has 0 bridgehead atoms. The summed E-state index contributed by atoms with van der Waals surface area (Å²) in [7, 11) is 1.55. The number of oxime groups is 1. The Labute approximate surface area is 189 Å². The molecule has 0 saturated carbocycles. The maximum atomic E-state index is 9.23. The van der Waals surface area contributed by atoms with Gasteiger partial charge in [-0.3, -0.25) is 0 Å². The summed E-state index contributed by atoms with van der Waals surface area (Å²) in [6.07, 6.45) is 1.55. The highest BCUT2D eigenvalue weighted by atomic mass is 79.9. The normalized spacial score (nSPS) is 10.3. The number of methoxy groups -OCH3 is 1. The van der Waals surface area contributed by atoms with Gasteiger partial charge in [0, 0.05) is 16.7 Å². The highest BCUT2D eigenvalue weighted by Gasteiger charge is 2.12. The minimum Gasteiger partial charge on any atom is -0.493 e. The summed E-state index contributed by atoms with van der Waals surface area (Å²) >= 11 is 3.50. The average Bonchev–Trinajstić information content (AvgIpc) is 2.81. The molecule has 31 heavy (non-hydrogen) atoms. The van der Waals surface area contributed by atoms with Crippen LogP contribution in [0.4, 0.5) is 0 Å². The number of rotatable bonds is 8. The molecule has 0 aliphatic heterocycles. The lowest BCUT2D eigenvalue weighted by atomic mass is 10.1. The van der Waals surface area contributed by atoms with Crippen molar-refractivity contribution in [2.24, 2.45) is 5.16 Å². The van der Waals surface area contributed by atoms with Crippen LogP contribution in [0, 0.1) is 22.7 Å². The van der Waals surface area contributed by atoms with E-state index in [9.17, 15) is 5.26 Å². The molecule has 0 heterocycles. The third-order valence-electron chi connectivity index (χ3n) is 4.40. The zero-order valence-electron chi connectivity index (χ0n) is 16.7. The van der Waals surface area contributed by atoms with Crippen molar-refractivity contribution in [3.05, 3.63) is 93.0 Å². The largest absolute Gasteiger partial charge is 0.493 e. The summed E-state index contributed by atoms with van der Waals surface area (Å²) in [6, 6.07) is 22.4. The van der Waals surface area contributed by atoms with Crippen LogP contribution in [-0.2, 0) is 18.1 Å². The average molecular weight is 476 g/mol. The van der Waals surface area contributed by atoms with Crippen LogP contribution < -0.4 is 9.47 Å². The van der Waals surface area contributed by atoms with Crippen LogP contribution in [0.25, 0.3) is 0 Å². The van der Waals surface area contributed by atoms with E-state index in [2.05, 4.69) is 33.2 Å². The summed E-state index contributed by atoms with van der Waals surface area (Å²) < 4.78 is 12.1. The van der Waals surface area contributed by atoms with Crippen LogP contribution in [0.2, 0.25) is 0 Å². The molecule has 3 aromatic carbocycles. The molecule has 0 fully saturated rings. The predicted molar refractivity (Wildman–Crippen MR) is 120 cm³/mol. The van der Waals surface area contributed by atoms with E-state index in [4.69, 9.17) is 19.6 Å². The molecule has 0 aliphatic rings. The molecule has 0 amide bonds. The van der Waals surface area contributed by atoms with Gasteiger partial charge in [-0.1, -0.05) is 41.6 Å². The number of nitrogens with zero attached hydrogens (tertiary/aromatic N) is 3. The maximum Gasteiger partial charge on any atom is 0.175 e. The number of halogens is 1. The molecule has 0 atom stereocenters. The van der Waals surface area contributed by atoms with Gasteiger partial charge >= 0.3 is 0 Å². The van der Waals surface area contributed by atoms with Gasteiger partial charge < -0.3 is 14.3 Å². The fourth-order valence-electron chi connectivity index (χ4n) is 2.82. The second-order valence-electron chi connectivity index (χ2n) is 6.37. The molecule has 7 heteroatoms. The fraction of sp³-hybridized carbons (Fsp3) is 0.125. The second-order valence-corrected chi connectivity index (χ2v) is 7.22. The molecule has 0 saturated heterocycles. The highest BCUT2D eigenvalue weighted by molar-refractivity contribution is 9.10. The third-order valence-corrected chi connectivity index (χ3v) is 4.98. The van der Waals surface area contributed by atoms with Gasteiger partial charge in [0.1, 0.15) is 13.2 Å². The Morgan fingerprint density at radius 1 is 0.935 bits per heavy atom. The molecule has 0 aliphatic carbocycles. The summed E-state index contributed by atoms with van der Waals surface area (Å²) in [4.78, 5) is 5.34. The number of hydrogen-bond donors (Lipinski definition) is 0. The van der Waals surface area contributed by atoms with Gasteiger partial charge in [0.05, 0.1) is 41.1 Å². The van der Waals surface area contributed by atoms with Crippen molar-refractivity contribution in [1.29, 1.82) is 10.5 Å². The van der Waals surface area contributed by atoms with Gasteiger partial charge in [-0.2, -0.15) is 10.5 Å². The van der Waals surface area contributed by atoms with Crippen molar-refractivity contribution in [2.75, 3.05) is 7.11 Å². The van der Waals surface area contributed by atoms with Gasteiger partial charge in [-0.05, 0) is 40.2 Å². The number of nitriles is 2. The topological polar surface area (TPSA) is 87.6 Å². The lowest BCUT2D eigenvalue weighted by Crippen LogP contribution is -2.01. The van der Waals surface area contributed by atoms with Crippen molar-refractivity contribution < 1.29 is 14.3 Å². The first-order chi connectivity index (χ1) is 15.2. The van der Waals surface area contributed by atoms with Crippen LogP contribution in [0.15, 0.2) is 70.3 Å². The Bertz CT molecular complexity index is 1180. The van der Waals surface area contributed by atoms with Crippen LogP contribution in [0.3, 0.4) is 0 Å². The monoisotopic (exact) mass is 475 g/mol. The Morgan fingerprint density at radius 3 is 2.16 bits per heavy atom. The third kappa shape index (κ3) is 5.63. The lowest BCUT2D eigenvalue weighted by Gasteiger charge is -2.14. The first kappa shape index (κ1) is 21.9. The summed E-state index contributed by atoms with van der Waals surface area (Å²) in [5.41, 5.74) is 3.41. The smallest absolute Gasteiger partial charge is 0.175 e. The fourth-order valence-corrected chi connectivity index (χ4v) is 3.39. The molecule has 0 N–H and O–H groups in total. The molecular formula is C24H18BrN3O3. The van der Waals surface area contributed by atoms with Crippen molar-refractivity contribution in [2.45, 2.75) is 13.2 Å². The molecule has 6 nitrogen and oxygen atoms in total. The van der Waals surface area contributed by atoms with Gasteiger partial charge in [0.15, 0.2) is 11.5 Å². The summed E-state index contributed by atoms with van der Waals surface area (Å²) in [5, 5.41) is 22.3. The summed E-state index contributed by atoms with van der Waals surface area (Å²) in [5.74, 6) is 1.04. The highest BCUT2D eigenvalue weighted by Crippen LogP contribution is 2.37. The first-order valence-electron chi connectivity index (χ1n) is 9.28. The van der Waals surface area contributed by atoms with Crippen molar-refractivity contribution in [3.8, 4) is 23.6 Å². The number of ether oxygens (including phenoxy) is 2.